The van der Waals surface area contributed by atoms with Crippen LogP contribution in [0.25, 0.3) is 0 Å². The number of nitrogens with zero attached hydrogens (tertiary/aromatic N) is 3. The largest absolute Gasteiger partial charge is 0.480 e. The fraction of sp³-hybridized carbons (Fsp3) is 0.786. The highest BCUT2D eigenvalue weighted by Crippen LogP contribution is 1.96. The van der Waals surface area contributed by atoms with Gasteiger partial charge in [-0.05, 0) is 0 Å². The Hall–Kier alpha value is -1.75. The molecule has 1 saturated heterocycles. The van der Waals surface area contributed by atoms with E-state index in [0.29, 0.717) is 52.4 Å². The minimum atomic E-state index is -0.954. The topological polar surface area (TPSA) is 138 Å². The third-order valence-electron chi connectivity index (χ3n) is 3.84. The van der Waals surface area contributed by atoms with Gasteiger partial charge in [0.1, 0.15) is 0 Å². The second kappa shape index (κ2) is 10.9. The molecule has 0 aromatic heterocycles. The summed E-state index contributed by atoms with van der Waals surface area (Å²) in [6, 6.07) is 0. The van der Waals surface area contributed by atoms with Gasteiger partial charge in [0.25, 0.3) is 0 Å². The quantitative estimate of drug-likeness (QED) is 0.390. The maximum atomic E-state index is 11.0. The molecular formula is C14H27N4O6+. The lowest BCUT2D eigenvalue weighted by Crippen LogP contribution is -2.87. The van der Waals surface area contributed by atoms with Crippen LogP contribution >= 0.6 is 0 Å². The van der Waals surface area contributed by atoms with E-state index in [4.69, 9.17) is 15.3 Å². The molecule has 0 unspecified atom stereocenters. The summed E-state index contributed by atoms with van der Waals surface area (Å²) >= 11 is 0. The van der Waals surface area contributed by atoms with Crippen molar-refractivity contribution >= 4 is 17.9 Å². The molecular weight excluding hydrogens is 320 g/mol. The molecule has 1 heterocycles. The second-order valence-corrected chi connectivity index (χ2v) is 5.88. The van der Waals surface area contributed by atoms with E-state index in [1.54, 1.807) is 14.7 Å². The summed E-state index contributed by atoms with van der Waals surface area (Å²) in [5.41, 5.74) is 0. The van der Waals surface area contributed by atoms with Gasteiger partial charge < -0.3 is 20.6 Å². The van der Waals surface area contributed by atoms with Crippen molar-refractivity contribution in [1.29, 1.82) is 0 Å². The molecule has 0 saturated carbocycles. The lowest BCUT2D eigenvalue weighted by Gasteiger charge is -2.29. The van der Waals surface area contributed by atoms with Gasteiger partial charge in [0.15, 0.2) is 0 Å². The van der Waals surface area contributed by atoms with Crippen LogP contribution in [0.1, 0.15) is 0 Å². The summed E-state index contributed by atoms with van der Waals surface area (Å²) in [6.07, 6.45) is 0. The van der Waals surface area contributed by atoms with E-state index in [1.807, 2.05) is 5.32 Å². The van der Waals surface area contributed by atoms with Gasteiger partial charge in [0.2, 0.25) is 0 Å². The minimum absolute atomic E-state index is 0.0696. The van der Waals surface area contributed by atoms with E-state index in [9.17, 15) is 14.4 Å². The highest BCUT2D eigenvalue weighted by atomic mass is 16.4. The Morgan fingerprint density at radius 3 is 1.21 bits per heavy atom. The van der Waals surface area contributed by atoms with Crippen LogP contribution in [0.4, 0.5) is 0 Å². The Balaban J connectivity index is 2.68. The monoisotopic (exact) mass is 347 g/mol. The maximum Gasteiger partial charge on any atom is 0.317 e. The third kappa shape index (κ3) is 9.40. The average molecular weight is 347 g/mol. The van der Waals surface area contributed by atoms with Gasteiger partial charge in [0.05, 0.1) is 32.7 Å². The molecule has 0 radical (unpaired) electrons. The van der Waals surface area contributed by atoms with Crippen LogP contribution < -0.4 is 5.32 Å². The summed E-state index contributed by atoms with van der Waals surface area (Å²) in [6.45, 7) is 4.12. The standard InChI is InChI=1S/C14H26N4O6/c19-12(20)9-16-3-1-15-2-4-17(10-13(21)22)6-8-18(7-5-16)11-14(23)24/h15H,1-11H2,(H,19,20)(H,21,22)(H,23,24)/p+1. The molecule has 0 amide bonds. The van der Waals surface area contributed by atoms with E-state index in [2.05, 4.69) is 0 Å². The van der Waals surface area contributed by atoms with Gasteiger partial charge in [-0.15, -0.1) is 0 Å². The van der Waals surface area contributed by atoms with Crippen LogP contribution in [0.3, 0.4) is 0 Å². The molecule has 1 aliphatic rings. The van der Waals surface area contributed by atoms with Gasteiger partial charge in [-0.1, -0.05) is 0 Å². The van der Waals surface area contributed by atoms with Crippen molar-refractivity contribution < 1.29 is 35.0 Å². The molecule has 138 valence electrons. The van der Waals surface area contributed by atoms with Crippen LogP contribution in [-0.2, 0) is 14.4 Å². The summed E-state index contributed by atoms with van der Waals surface area (Å²) < 4.78 is 0. The summed E-state index contributed by atoms with van der Waals surface area (Å²) in [7, 11) is 0. The first kappa shape index (κ1) is 20.3. The van der Waals surface area contributed by atoms with Crippen molar-refractivity contribution in [3.05, 3.63) is 0 Å². The van der Waals surface area contributed by atoms with Crippen molar-refractivity contribution in [2.45, 2.75) is 0 Å². The average Bonchev–Trinajstić information content (AvgIpc) is 2.45. The molecule has 0 atom stereocenters. The number of carboxylic acid groups (broad SMARTS) is 3. The fourth-order valence-electron chi connectivity index (χ4n) is 2.64. The zero-order valence-electron chi connectivity index (χ0n) is 13.8. The van der Waals surface area contributed by atoms with Gasteiger partial charge in [-0.3, -0.25) is 29.1 Å². The lowest BCUT2D eigenvalue weighted by molar-refractivity contribution is -0.654. The number of nitrogens with two attached hydrogens (primary N) is 1. The highest BCUT2D eigenvalue weighted by Gasteiger charge is 2.18. The molecule has 0 aromatic rings. The number of hydrogen-bond acceptors (Lipinski definition) is 6. The lowest BCUT2D eigenvalue weighted by atomic mass is 10.3. The number of carboxylic acids is 3. The van der Waals surface area contributed by atoms with Crippen molar-refractivity contribution in [1.82, 2.24) is 14.7 Å². The predicted octanol–water partition coefficient (Wildman–Crippen LogP) is -3.28. The smallest absolute Gasteiger partial charge is 0.317 e. The molecule has 1 fully saturated rings. The van der Waals surface area contributed by atoms with Gasteiger partial charge >= 0.3 is 17.9 Å². The molecule has 0 aliphatic carbocycles. The Morgan fingerprint density at radius 1 is 0.625 bits per heavy atom. The molecule has 0 bridgehead atoms. The summed E-state index contributed by atoms with van der Waals surface area (Å²) in [5.74, 6) is -2.76. The molecule has 1 aliphatic heterocycles. The SMILES string of the molecule is O=C(O)CN1CC[NH2+]CCN(CC(=O)O)CCN(CC(=O)O)CC1. The molecule has 10 nitrogen and oxygen atoms in total. The number of hydrogen-bond donors (Lipinski definition) is 4. The second-order valence-electron chi connectivity index (χ2n) is 5.88. The van der Waals surface area contributed by atoms with Gasteiger partial charge in [-0.2, -0.15) is 0 Å². The van der Waals surface area contributed by atoms with E-state index in [0.717, 1.165) is 0 Å². The zero-order valence-corrected chi connectivity index (χ0v) is 13.8. The minimum Gasteiger partial charge on any atom is -0.480 e. The highest BCUT2D eigenvalue weighted by molar-refractivity contribution is 5.69. The van der Waals surface area contributed by atoms with E-state index < -0.39 is 17.9 Å². The van der Waals surface area contributed by atoms with E-state index in [1.165, 1.54) is 0 Å². The first-order valence-electron chi connectivity index (χ1n) is 8.01. The van der Waals surface area contributed by atoms with Crippen LogP contribution in [0.5, 0.6) is 0 Å². The molecule has 1 rings (SSSR count). The summed E-state index contributed by atoms with van der Waals surface area (Å²) in [5, 5.41) is 29.0. The van der Waals surface area contributed by atoms with Gasteiger partial charge in [-0.25, -0.2) is 0 Å². The molecule has 10 heteroatoms. The number of quaternary nitrogens is 1. The van der Waals surface area contributed by atoms with Crippen molar-refractivity contribution in [3.8, 4) is 0 Å². The first-order valence-corrected chi connectivity index (χ1v) is 8.01. The molecule has 24 heavy (non-hydrogen) atoms. The van der Waals surface area contributed by atoms with Gasteiger partial charge in [0, 0.05) is 39.3 Å². The fourth-order valence-corrected chi connectivity index (χ4v) is 2.64. The maximum absolute atomic E-state index is 11.0. The molecule has 5 N–H and O–H groups in total. The van der Waals surface area contributed by atoms with Crippen LogP contribution in [0.15, 0.2) is 0 Å². The first-order chi connectivity index (χ1) is 11.4. The van der Waals surface area contributed by atoms with Crippen molar-refractivity contribution in [2.75, 3.05) is 72.0 Å². The van der Waals surface area contributed by atoms with Crippen LogP contribution in [0.2, 0.25) is 0 Å². The van der Waals surface area contributed by atoms with Crippen molar-refractivity contribution in [3.63, 3.8) is 0 Å². The number of carbonyl (C=O) groups is 3. The molecule has 0 aromatic carbocycles. The van der Waals surface area contributed by atoms with Crippen LogP contribution in [0, 0.1) is 0 Å². The Bertz CT molecular complexity index is 403. The number of aliphatic carboxylic acids is 3. The van der Waals surface area contributed by atoms with Crippen LogP contribution in [-0.4, -0.2) is 120 Å². The summed E-state index contributed by atoms with van der Waals surface area (Å²) in [4.78, 5) is 38.2. The zero-order chi connectivity index (χ0) is 17.9. The number of rotatable bonds is 6. The Kier molecular flexibility index (Phi) is 9.23. The Labute approximate surface area is 140 Å². The predicted molar refractivity (Wildman–Crippen MR) is 83.9 cm³/mol. The van der Waals surface area contributed by atoms with E-state index in [-0.39, 0.29) is 19.6 Å². The van der Waals surface area contributed by atoms with Crippen molar-refractivity contribution in [2.24, 2.45) is 0 Å². The third-order valence-corrected chi connectivity index (χ3v) is 3.84. The van der Waals surface area contributed by atoms with E-state index >= 15 is 0 Å². The molecule has 0 spiro atoms. The Morgan fingerprint density at radius 2 is 0.917 bits per heavy atom. The normalized spacial score (nSPS) is 20.0.